The molecule has 1 rings (SSSR count). The third-order valence-corrected chi connectivity index (χ3v) is 3.39. The Hall–Kier alpha value is 0.0700. The molecule has 2 unspecified atom stereocenters. The van der Waals surface area contributed by atoms with Crippen molar-refractivity contribution in [3.05, 3.63) is 0 Å². The van der Waals surface area contributed by atoms with Crippen molar-refractivity contribution in [2.24, 2.45) is 5.92 Å². The van der Waals surface area contributed by atoms with Gasteiger partial charge in [0.2, 0.25) is 0 Å². The molecule has 66 valence electrons. The summed E-state index contributed by atoms with van der Waals surface area (Å²) < 4.78 is 19.5. The molecule has 0 spiro atoms. The van der Waals surface area contributed by atoms with E-state index in [0.717, 1.165) is 25.9 Å². The van der Waals surface area contributed by atoms with Crippen LogP contribution in [0.1, 0.15) is 19.8 Å². The highest BCUT2D eigenvalue weighted by Gasteiger charge is 2.23. The van der Waals surface area contributed by atoms with Crippen molar-refractivity contribution in [3.63, 3.8) is 0 Å². The van der Waals surface area contributed by atoms with Gasteiger partial charge in [0.25, 0.3) is 0 Å². The molecule has 1 saturated heterocycles. The summed E-state index contributed by atoms with van der Waals surface area (Å²) in [5.74, 6) is 0.432. The Bertz CT molecular complexity index is 145. The van der Waals surface area contributed by atoms with Crippen LogP contribution < -0.4 is 5.32 Å². The summed E-state index contributed by atoms with van der Waals surface area (Å²) in [5, 5.41) is 3.17. The average Bonchev–Trinajstić information content (AvgIpc) is 2.05. The van der Waals surface area contributed by atoms with Gasteiger partial charge < -0.3 is 9.87 Å². The fraction of sp³-hybridized carbons (Fsp3) is 1.00. The Kier molecular flexibility index (Phi) is 3.48. The number of rotatable bonds is 2. The van der Waals surface area contributed by atoms with E-state index in [1.807, 2.05) is 6.92 Å². The van der Waals surface area contributed by atoms with Gasteiger partial charge in [-0.05, 0) is 38.8 Å². The van der Waals surface area contributed by atoms with Crippen LogP contribution in [0, 0.1) is 5.92 Å². The Morgan fingerprint density at radius 3 is 2.55 bits per heavy atom. The lowest BCUT2D eigenvalue weighted by Crippen LogP contribution is -2.34. The van der Waals surface area contributed by atoms with Crippen molar-refractivity contribution in [1.82, 2.24) is 5.32 Å². The lowest BCUT2D eigenvalue weighted by molar-refractivity contribution is 0.361. The third kappa shape index (κ3) is 2.54. The molecule has 0 aliphatic carbocycles. The van der Waals surface area contributed by atoms with Crippen LogP contribution in [0.2, 0.25) is 0 Å². The van der Waals surface area contributed by atoms with Crippen LogP contribution in [0.5, 0.6) is 0 Å². The van der Waals surface area contributed by atoms with Gasteiger partial charge in [0, 0.05) is 0 Å². The van der Waals surface area contributed by atoms with E-state index in [1.54, 1.807) is 0 Å². The highest BCUT2D eigenvalue weighted by atomic mass is 32.2. The van der Waals surface area contributed by atoms with Gasteiger partial charge in [-0.3, -0.25) is 0 Å². The van der Waals surface area contributed by atoms with Gasteiger partial charge in [-0.15, -0.1) is 0 Å². The Morgan fingerprint density at radius 1 is 1.55 bits per heavy atom. The zero-order chi connectivity index (χ0) is 8.27. The van der Waals surface area contributed by atoms with Gasteiger partial charge in [-0.1, -0.05) is 0 Å². The first-order valence-corrected chi connectivity index (χ1v) is 5.19. The minimum Gasteiger partial charge on any atom is -0.317 e. The highest BCUT2D eigenvalue weighted by molar-refractivity contribution is 7.79. The molecule has 1 heterocycles. The minimum atomic E-state index is -1.64. The summed E-state index contributed by atoms with van der Waals surface area (Å²) in [6, 6.07) is 0. The second kappa shape index (κ2) is 4.18. The number of hydrogen-bond acceptors (Lipinski definition) is 2. The first-order chi connectivity index (χ1) is 5.22. The molecule has 0 aromatic carbocycles. The molecular formula is C7H15NO2S. The van der Waals surface area contributed by atoms with E-state index in [9.17, 15) is 4.21 Å². The Morgan fingerprint density at radius 2 is 2.09 bits per heavy atom. The molecule has 1 aliphatic heterocycles. The van der Waals surface area contributed by atoms with Crippen LogP contribution in [0.15, 0.2) is 0 Å². The summed E-state index contributed by atoms with van der Waals surface area (Å²) in [5.41, 5.74) is 0. The van der Waals surface area contributed by atoms with E-state index in [1.165, 1.54) is 0 Å². The maximum Gasteiger partial charge on any atom is 0.155 e. The molecule has 1 aliphatic rings. The maximum atomic E-state index is 10.7. The van der Waals surface area contributed by atoms with E-state index >= 15 is 0 Å². The molecule has 0 saturated carbocycles. The van der Waals surface area contributed by atoms with Crippen molar-refractivity contribution < 1.29 is 8.76 Å². The lowest BCUT2D eigenvalue weighted by atomic mass is 9.95. The smallest absolute Gasteiger partial charge is 0.155 e. The van der Waals surface area contributed by atoms with Crippen molar-refractivity contribution in [2.45, 2.75) is 25.0 Å². The second-order valence-electron chi connectivity index (χ2n) is 3.07. The van der Waals surface area contributed by atoms with Gasteiger partial charge in [-0.25, -0.2) is 4.21 Å². The SMILES string of the molecule is CC(C1CCNCC1)S(=O)O. The van der Waals surface area contributed by atoms with Gasteiger partial charge >= 0.3 is 0 Å². The van der Waals surface area contributed by atoms with Crippen LogP contribution in [0.3, 0.4) is 0 Å². The molecule has 11 heavy (non-hydrogen) atoms. The number of hydrogen-bond donors (Lipinski definition) is 2. The van der Waals surface area contributed by atoms with Crippen molar-refractivity contribution >= 4 is 11.1 Å². The van der Waals surface area contributed by atoms with Crippen molar-refractivity contribution in [1.29, 1.82) is 0 Å². The Balaban J connectivity index is 2.38. The normalized spacial score (nSPS) is 26.4. The predicted octanol–water partition coefficient (Wildman–Crippen LogP) is 0.596. The first-order valence-electron chi connectivity index (χ1n) is 4.02. The van der Waals surface area contributed by atoms with E-state index in [0.29, 0.717) is 5.92 Å². The molecule has 0 aromatic heterocycles. The predicted molar refractivity (Wildman–Crippen MR) is 45.8 cm³/mol. The molecule has 0 aromatic rings. The first kappa shape index (κ1) is 9.16. The largest absolute Gasteiger partial charge is 0.317 e. The van der Waals surface area contributed by atoms with Gasteiger partial charge in [0.15, 0.2) is 11.1 Å². The van der Waals surface area contributed by atoms with Gasteiger partial charge in [-0.2, -0.15) is 0 Å². The molecule has 0 amide bonds. The van der Waals surface area contributed by atoms with E-state index in [4.69, 9.17) is 4.55 Å². The topological polar surface area (TPSA) is 49.3 Å². The maximum absolute atomic E-state index is 10.7. The molecule has 2 atom stereocenters. The average molecular weight is 177 g/mol. The molecule has 4 heteroatoms. The summed E-state index contributed by atoms with van der Waals surface area (Å²) in [7, 11) is 0. The molecule has 1 fully saturated rings. The van der Waals surface area contributed by atoms with Crippen LogP contribution >= 0.6 is 0 Å². The van der Waals surface area contributed by atoms with Crippen molar-refractivity contribution in [2.75, 3.05) is 13.1 Å². The van der Waals surface area contributed by atoms with Crippen LogP contribution in [0.25, 0.3) is 0 Å². The lowest BCUT2D eigenvalue weighted by Gasteiger charge is -2.25. The van der Waals surface area contributed by atoms with Crippen molar-refractivity contribution in [3.8, 4) is 0 Å². The standard InChI is InChI=1S/C7H15NO2S/c1-6(11(9)10)7-2-4-8-5-3-7/h6-8H,2-5H2,1H3,(H,9,10). The summed E-state index contributed by atoms with van der Waals surface area (Å²) in [6.07, 6.45) is 2.07. The fourth-order valence-electron chi connectivity index (χ4n) is 1.48. The number of piperidine rings is 1. The fourth-order valence-corrected chi connectivity index (χ4v) is 2.08. The molecule has 2 N–H and O–H groups in total. The van der Waals surface area contributed by atoms with Gasteiger partial charge in [0.05, 0.1) is 5.25 Å². The second-order valence-corrected chi connectivity index (χ2v) is 4.36. The van der Waals surface area contributed by atoms with Crippen LogP contribution in [-0.2, 0) is 11.1 Å². The Labute approximate surface area is 69.9 Å². The zero-order valence-corrected chi connectivity index (χ0v) is 7.56. The molecule has 0 radical (unpaired) electrons. The quantitative estimate of drug-likeness (QED) is 0.607. The minimum absolute atomic E-state index is 0.0582. The van der Waals surface area contributed by atoms with E-state index < -0.39 is 11.1 Å². The zero-order valence-electron chi connectivity index (χ0n) is 6.75. The molecule has 3 nitrogen and oxygen atoms in total. The van der Waals surface area contributed by atoms with Crippen LogP contribution in [-0.4, -0.2) is 27.1 Å². The monoisotopic (exact) mass is 177 g/mol. The molecule has 0 bridgehead atoms. The summed E-state index contributed by atoms with van der Waals surface area (Å²) in [4.78, 5) is 0. The summed E-state index contributed by atoms with van der Waals surface area (Å²) in [6.45, 7) is 3.84. The summed E-state index contributed by atoms with van der Waals surface area (Å²) >= 11 is -1.64. The molecular weight excluding hydrogens is 162 g/mol. The van der Waals surface area contributed by atoms with E-state index in [2.05, 4.69) is 5.32 Å². The van der Waals surface area contributed by atoms with E-state index in [-0.39, 0.29) is 5.25 Å². The number of nitrogens with one attached hydrogen (secondary N) is 1. The highest BCUT2D eigenvalue weighted by Crippen LogP contribution is 2.18. The van der Waals surface area contributed by atoms with Gasteiger partial charge in [0.1, 0.15) is 0 Å². The third-order valence-electron chi connectivity index (χ3n) is 2.37. The van der Waals surface area contributed by atoms with Crippen LogP contribution in [0.4, 0.5) is 0 Å².